The lowest BCUT2D eigenvalue weighted by Gasteiger charge is -2.51. The Morgan fingerprint density at radius 3 is 2.45 bits per heavy atom. The molecule has 3 heterocycles. The maximum atomic E-state index is 11.8. The van der Waals surface area contributed by atoms with E-state index in [2.05, 4.69) is 61.3 Å². The van der Waals surface area contributed by atoms with Crippen LogP contribution in [-0.4, -0.2) is 40.3 Å². The maximum Gasteiger partial charge on any atom is 0.219 e. The van der Waals surface area contributed by atoms with Gasteiger partial charge in [-0.25, -0.2) is 5.01 Å². The zero-order valence-corrected chi connectivity index (χ0v) is 17.3. The number of carbonyl (C=O) groups excluding carboxylic acids is 1. The van der Waals surface area contributed by atoms with Gasteiger partial charge < -0.3 is 9.64 Å². The molecule has 1 saturated heterocycles. The molecule has 0 unspecified atom stereocenters. The SMILES string of the molecule is CC(=O)N1CCC2(CC1)Oc1ccc(C)cc1[C@H]1CC(c3ccc(C)cc3)=NN12. The van der Waals surface area contributed by atoms with Crippen LogP contribution < -0.4 is 4.74 Å². The van der Waals surface area contributed by atoms with Gasteiger partial charge in [-0.05, 0) is 25.5 Å². The van der Waals surface area contributed by atoms with Crippen molar-refractivity contribution in [3.8, 4) is 5.75 Å². The molecule has 5 nitrogen and oxygen atoms in total. The quantitative estimate of drug-likeness (QED) is 0.735. The van der Waals surface area contributed by atoms with Gasteiger partial charge in [0, 0.05) is 44.8 Å². The van der Waals surface area contributed by atoms with Gasteiger partial charge in [0.25, 0.3) is 0 Å². The van der Waals surface area contributed by atoms with Crippen molar-refractivity contribution >= 4 is 11.6 Å². The van der Waals surface area contributed by atoms with Crippen molar-refractivity contribution < 1.29 is 9.53 Å². The number of likely N-dealkylation sites (tertiary alicyclic amines) is 1. The molecular weight excluding hydrogens is 362 g/mol. The van der Waals surface area contributed by atoms with Crippen molar-refractivity contribution in [3.63, 3.8) is 0 Å². The minimum atomic E-state index is -0.481. The standard InChI is InChI=1S/C24H27N3O2/c1-16-4-7-19(8-5-16)21-15-22-20-14-17(2)6-9-23(20)29-24(27(22)25-21)10-12-26(13-11-24)18(3)28/h4-9,14,22H,10-13,15H2,1-3H3/t22-/m1/s1. The van der Waals surface area contributed by atoms with Crippen molar-refractivity contribution in [1.82, 2.24) is 9.91 Å². The smallest absolute Gasteiger partial charge is 0.219 e. The van der Waals surface area contributed by atoms with Crippen LogP contribution in [0.2, 0.25) is 0 Å². The van der Waals surface area contributed by atoms with E-state index in [0.717, 1.165) is 30.7 Å². The number of hydrogen-bond acceptors (Lipinski definition) is 4. The van der Waals surface area contributed by atoms with E-state index in [0.29, 0.717) is 13.1 Å². The summed E-state index contributed by atoms with van der Waals surface area (Å²) in [6.07, 6.45) is 2.41. The highest BCUT2D eigenvalue weighted by Crippen LogP contribution is 2.50. The van der Waals surface area contributed by atoms with Gasteiger partial charge in [0.15, 0.2) is 0 Å². The number of piperidine rings is 1. The van der Waals surface area contributed by atoms with E-state index in [9.17, 15) is 4.79 Å². The number of hydrazone groups is 1. The first kappa shape index (κ1) is 18.2. The minimum Gasteiger partial charge on any atom is -0.466 e. The summed E-state index contributed by atoms with van der Waals surface area (Å²) in [7, 11) is 0. The Kier molecular flexibility index (Phi) is 4.16. The molecule has 1 amide bonds. The number of benzene rings is 2. The Labute approximate surface area is 172 Å². The number of aryl methyl sites for hydroxylation is 2. The summed E-state index contributed by atoms with van der Waals surface area (Å²) >= 11 is 0. The molecule has 3 aliphatic rings. The average Bonchev–Trinajstić information content (AvgIpc) is 3.16. The lowest BCUT2D eigenvalue weighted by molar-refractivity contribution is -0.158. The molecule has 150 valence electrons. The third-order valence-corrected chi connectivity index (χ3v) is 6.53. The Balaban J connectivity index is 1.55. The summed E-state index contributed by atoms with van der Waals surface area (Å²) in [6.45, 7) is 7.28. The number of carbonyl (C=O) groups is 1. The summed E-state index contributed by atoms with van der Waals surface area (Å²) in [5.74, 6) is 1.10. The second kappa shape index (κ2) is 6.61. The Morgan fingerprint density at radius 2 is 1.76 bits per heavy atom. The first-order valence-electron chi connectivity index (χ1n) is 10.4. The molecule has 5 heteroatoms. The number of ether oxygens (including phenoxy) is 1. The van der Waals surface area contributed by atoms with Gasteiger partial charge in [-0.3, -0.25) is 4.79 Å². The summed E-state index contributed by atoms with van der Waals surface area (Å²) in [4.78, 5) is 13.8. The van der Waals surface area contributed by atoms with Crippen molar-refractivity contribution in [2.24, 2.45) is 5.10 Å². The fraction of sp³-hybridized carbons (Fsp3) is 0.417. The van der Waals surface area contributed by atoms with Crippen LogP contribution in [0.1, 0.15) is 54.5 Å². The topological polar surface area (TPSA) is 45.1 Å². The second-order valence-electron chi connectivity index (χ2n) is 8.57. The van der Waals surface area contributed by atoms with Gasteiger partial charge in [0.1, 0.15) is 5.75 Å². The van der Waals surface area contributed by atoms with Gasteiger partial charge in [-0.2, -0.15) is 5.10 Å². The number of fused-ring (bicyclic) bond motifs is 4. The highest BCUT2D eigenvalue weighted by Gasteiger charge is 2.52. The van der Waals surface area contributed by atoms with Gasteiger partial charge in [0.2, 0.25) is 11.6 Å². The molecule has 0 aromatic heterocycles. The van der Waals surface area contributed by atoms with E-state index in [-0.39, 0.29) is 11.9 Å². The number of amides is 1. The molecule has 0 radical (unpaired) electrons. The second-order valence-corrected chi connectivity index (χ2v) is 8.57. The van der Waals surface area contributed by atoms with Gasteiger partial charge >= 0.3 is 0 Å². The zero-order chi connectivity index (χ0) is 20.2. The van der Waals surface area contributed by atoms with Crippen molar-refractivity contribution in [2.75, 3.05) is 13.1 Å². The summed E-state index contributed by atoms with van der Waals surface area (Å²) in [5, 5.41) is 7.32. The van der Waals surface area contributed by atoms with E-state index in [1.54, 1.807) is 6.92 Å². The van der Waals surface area contributed by atoms with E-state index in [1.807, 2.05) is 4.90 Å². The van der Waals surface area contributed by atoms with E-state index in [1.165, 1.54) is 22.3 Å². The Hall–Kier alpha value is -2.82. The number of nitrogens with zero attached hydrogens (tertiary/aromatic N) is 3. The number of hydrogen-bond donors (Lipinski definition) is 0. The monoisotopic (exact) mass is 389 g/mol. The van der Waals surface area contributed by atoms with Crippen LogP contribution in [0.3, 0.4) is 0 Å². The first-order valence-corrected chi connectivity index (χ1v) is 10.4. The fourth-order valence-electron chi connectivity index (χ4n) is 4.82. The molecule has 1 spiro atoms. The average molecular weight is 389 g/mol. The molecule has 0 saturated carbocycles. The fourth-order valence-corrected chi connectivity index (χ4v) is 4.82. The highest BCUT2D eigenvalue weighted by atomic mass is 16.5. The van der Waals surface area contributed by atoms with Crippen LogP contribution in [-0.2, 0) is 4.79 Å². The summed E-state index contributed by atoms with van der Waals surface area (Å²) in [5.41, 5.74) is 5.51. The Morgan fingerprint density at radius 1 is 1.07 bits per heavy atom. The third-order valence-electron chi connectivity index (χ3n) is 6.53. The molecule has 2 aromatic rings. The van der Waals surface area contributed by atoms with Crippen LogP contribution in [0.25, 0.3) is 0 Å². The van der Waals surface area contributed by atoms with E-state index in [4.69, 9.17) is 9.84 Å². The molecule has 29 heavy (non-hydrogen) atoms. The first-order chi connectivity index (χ1) is 13.9. The van der Waals surface area contributed by atoms with E-state index >= 15 is 0 Å². The molecule has 1 fully saturated rings. The van der Waals surface area contributed by atoms with Gasteiger partial charge in [-0.1, -0.05) is 47.5 Å². The van der Waals surface area contributed by atoms with Crippen LogP contribution in [0.15, 0.2) is 47.6 Å². The molecule has 0 bridgehead atoms. The van der Waals surface area contributed by atoms with Gasteiger partial charge in [0.05, 0.1) is 11.8 Å². The lowest BCUT2D eigenvalue weighted by atomic mass is 9.90. The zero-order valence-electron chi connectivity index (χ0n) is 17.3. The normalized spacial score (nSPS) is 22.0. The van der Waals surface area contributed by atoms with Crippen LogP contribution in [0.4, 0.5) is 0 Å². The minimum absolute atomic E-state index is 0.133. The van der Waals surface area contributed by atoms with E-state index < -0.39 is 5.72 Å². The predicted octanol–water partition coefficient (Wildman–Crippen LogP) is 4.19. The molecule has 2 aromatic carbocycles. The van der Waals surface area contributed by atoms with Crippen LogP contribution >= 0.6 is 0 Å². The van der Waals surface area contributed by atoms with Crippen LogP contribution in [0.5, 0.6) is 5.75 Å². The summed E-state index contributed by atoms with van der Waals surface area (Å²) < 4.78 is 6.64. The van der Waals surface area contributed by atoms with Crippen molar-refractivity contribution in [1.29, 1.82) is 0 Å². The predicted molar refractivity (Wildman–Crippen MR) is 113 cm³/mol. The van der Waals surface area contributed by atoms with Crippen LogP contribution in [0, 0.1) is 13.8 Å². The molecule has 1 atom stereocenters. The lowest BCUT2D eigenvalue weighted by Crippen LogP contribution is -2.59. The highest BCUT2D eigenvalue weighted by molar-refractivity contribution is 6.02. The maximum absolute atomic E-state index is 11.8. The molecular formula is C24H27N3O2. The van der Waals surface area contributed by atoms with Crippen molar-refractivity contribution in [3.05, 3.63) is 64.7 Å². The largest absolute Gasteiger partial charge is 0.466 e. The summed E-state index contributed by atoms with van der Waals surface area (Å²) in [6, 6.07) is 15.2. The molecule has 3 aliphatic heterocycles. The third kappa shape index (κ3) is 3.00. The molecule has 0 N–H and O–H groups in total. The molecule has 0 aliphatic carbocycles. The van der Waals surface area contributed by atoms with Crippen molar-refractivity contribution in [2.45, 2.75) is 51.8 Å². The number of rotatable bonds is 1. The molecule has 5 rings (SSSR count). The van der Waals surface area contributed by atoms with Gasteiger partial charge in [-0.15, -0.1) is 0 Å². The Bertz CT molecular complexity index is 988.